The van der Waals surface area contributed by atoms with Crippen LogP contribution in [0.2, 0.25) is 5.02 Å². The van der Waals surface area contributed by atoms with E-state index in [4.69, 9.17) is 16.3 Å². The van der Waals surface area contributed by atoms with Crippen LogP contribution < -0.4 is 10.3 Å². The smallest absolute Gasteiger partial charge is 0.308 e. The van der Waals surface area contributed by atoms with Crippen molar-refractivity contribution < 1.29 is 9.53 Å². The summed E-state index contributed by atoms with van der Waals surface area (Å²) in [6.45, 7) is 2.98. The van der Waals surface area contributed by atoms with Crippen molar-refractivity contribution in [1.82, 2.24) is 9.66 Å². The first-order valence-electron chi connectivity index (χ1n) is 7.67. The van der Waals surface area contributed by atoms with Gasteiger partial charge in [0.1, 0.15) is 5.82 Å². The lowest BCUT2D eigenvalue weighted by Crippen LogP contribution is -2.20. The molecule has 27 heavy (non-hydrogen) atoms. The number of ether oxygens (including phenoxy) is 1. The first kappa shape index (κ1) is 19.7. The topological polar surface area (TPSA) is 73.5 Å². The Morgan fingerprint density at radius 2 is 2.04 bits per heavy atom. The maximum Gasteiger partial charge on any atom is 0.308 e. The first-order valence-corrected chi connectivity index (χ1v) is 9.63. The molecule has 9 heteroatoms. The molecule has 0 radical (unpaired) electrons. The van der Waals surface area contributed by atoms with E-state index in [1.165, 1.54) is 17.8 Å². The summed E-state index contributed by atoms with van der Waals surface area (Å²) < 4.78 is 7.67. The maximum atomic E-state index is 12.8. The molecule has 0 aliphatic rings. The second-order valence-corrected chi connectivity index (χ2v) is 7.79. The molecule has 2 aromatic carbocycles. The van der Waals surface area contributed by atoms with Crippen LogP contribution in [0.25, 0.3) is 10.9 Å². The van der Waals surface area contributed by atoms with Crippen molar-refractivity contribution in [3.8, 4) is 5.75 Å². The van der Waals surface area contributed by atoms with Crippen molar-refractivity contribution in [2.24, 2.45) is 5.10 Å². The standard InChI is InChI=1S/C18H12Br2ClN3O3/c1-9-23-16-4-3-12(19)6-14(16)18(26)24(9)22-8-11-5-13(21)7-15(20)17(11)27-10(2)25/h3-8H,1-2H3. The third-order valence-electron chi connectivity index (χ3n) is 3.57. The molecule has 0 unspecified atom stereocenters. The predicted octanol–water partition coefficient (Wildman–Crippen LogP) is 4.69. The van der Waals surface area contributed by atoms with Crippen LogP contribution in [-0.4, -0.2) is 21.8 Å². The van der Waals surface area contributed by atoms with Gasteiger partial charge in [-0.2, -0.15) is 9.78 Å². The molecular formula is C18H12Br2ClN3O3. The van der Waals surface area contributed by atoms with Crippen LogP contribution in [0.3, 0.4) is 0 Å². The SMILES string of the molecule is CC(=O)Oc1c(Br)cc(Cl)cc1C=Nn1c(C)nc2ccc(Br)cc2c1=O. The van der Waals surface area contributed by atoms with Crippen LogP contribution in [0.15, 0.2) is 49.2 Å². The fourth-order valence-electron chi connectivity index (χ4n) is 2.44. The molecule has 138 valence electrons. The average molecular weight is 514 g/mol. The van der Waals surface area contributed by atoms with E-state index in [2.05, 4.69) is 41.9 Å². The van der Waals surface area contributed by atoms with Crippen molar-refractivity contribution in [3.05, 3.63) is 66.0 Å². The Labute approximate surface area is 176 Å². The van der Waals surface area contributed by atoms with Crippen molar-refractivity contribution in [1.29, 1.82) is 0 Å². The Morgan fingerprint density at radius 3 is 2.74 bits per heavy atom. The van der Waals surface area contributed by atoms with Gasteiger partial charge in [-0.1, -0.05) is 27.5 Å². The zero-order chi connectivity index (χ0) is 19.7. The summed E-state index contributed by atoms with van der Waals surface area (Å²) in [5.74, 6) is 0.192. The molecule has 0 aliphatic carbocycles. The summed E-state index contributed by atoms with van der Waals surface area (Å²) in [4.78, 5) is 28.6. The fourth-order valence-corrected chi connectivity index (χ4v) is 3.72. The lowest BCUT2D eigenvalue weighted by atomic mass is 10.2. The minimum absolute atomic E-state index is 0.262. The molecule has 0 aliphatic heterocycles. The number of rotatable bonds is 3. The molecule has 0 saturated heterocycles. The third kappa shape index (κ3) is 4.28. The van der Waals surface area contributed by atoms with Crippen LogP contribution in [0.4, 0.5) is 0 Å². The van der Waals surface area contributed by atoms with E-state index in [1.54, 1.807) is 31.2 Å². The summed E-state index contributed by atoms with van der Waals surface area (Å²) in [5, 5.41) is 5.09. The predicted molar refractivity (Wildman–Crippen MR) is 112 cm³/mol. The van der Waals surface area contributed by atoms with Gasteiger partial charge >= 0.3 is 5.97 Å². The number of esters is 1. The molecular weight excluding hydrogens is 501 g/mol. The number of hydrogen-bond donors (Lipinski definition) is 0. The average Bonchev–Trinajstić information content (AvgIpc) is 2.58. The maximum absolute atomic E-state index is 12.8. The highest BCUT2D eigenvalue weighted by Gasteiger charge is 2.12. The van der Waals surface area contributed by atoms with Crippen molar-refractivity contribution in [2.45, 2.75) is 13.8 Å². The first-order chi connectivity index (χ1) is 12.8. The van der Waals surface area contributed by atoms with Gasteiger partial charge in [-0.05, 0) is 53.2 Å². The molecule has 1 aromatic heterocycles. The Kier molecular flexibility index (Phi) is 5.78. The third-order valence-corrected chi connectivity index (χ3v) is 4.87. The monoisotopic (exact) mass is 511 g/mol. The van der Waals surface area contributed by atoms with Crippen molar-refractivity contribution in [3.63, 3.8) is 0 Å². The molecule has 0 bridgehead atoms. The lowest BCUT2D eigenvalue weighted by Gasteiger charge is -2.09. The molecule has 0 saturated carbocycles. The minimum atomic E-state index is -0.488. The Morgan fingerprint density at radius 1 is 1.30 bits per heavy atom. The molecule has 0 atom stereocenters. The van der Waals surface area contributed by atoms with Gasteiger partial charge in [-0.3, -0.25) is 9.59 Å². The van der Waals surface area contributed by atoms with Gasteiger partial charge < -0.3 is 4.74 Å². The van der Waals surface area contributed by atoms with Gasteiger partial charge in [0.2, 0.25) is 0 Å². The number of nitrogens with zero attached hydrogens (tertiary/aromatic N) is 3. The number of benzene rings is 2. The van der Waals surface area contributed by atoms with Crippen LogP contribution in [0, 0.1) is 6.92 Å². The number of aromatic nitrogens is 2. The van der Waals surface area contributed by atoms with Crippen LogP contribution in [0.1, 0.15) is 18.3 Å². The molecule has 0 fully saturated rings. The van der Waals surface area contributed by atoms with Crippen molar-refractivity contribution in [2.75, 3.05) is 0 Å². The molecule has 6 nitrogen and oxygen atoms in total. The fraction of sp³-hybridized carbons (Fsp3) is 0.111. The van der Waals surface area contributed by atoms with Crippen LogP contribution >= 0.6 is 43.5 Å². The van der Waals surface area contributed by atoms with Gasteiger partial charge in [-0.25, -0.2) is 4.98 Å². The van der Waals surface area contributed by atoms with Crippen LogP contribution in [-0.2, 0) is 4.79 Å². The number of fused-ring (bicyclic) bond motifs is 1. The normalized spacial score (nSPS) is 11.3. The molecule has 3 rings (SSSR count). The Bertz CT molecular complexity index is 1160. The number of halogens is 3. The van der Waals surface area contributed by atoms with Gasteiger partial charge in [-0.15, -0.1) is 0 Å². The molecule has 0 N–H and O–H groups in total. The van der Waals surface area contributed by atoms with Crippen LogP contribution in [0.5, 0.6) is 5.75 Å². The second kappa shape index (κ2) is 7.92. The van der Waals surface area contributed by atoms with E-state index in [1.807, 2.05) is 6.07 Å². The minimum Gasteiger partial charge on any atom is -0.425 e. The summed E-state index contributed by atoms with van der Waals surface area (Å²) in [6, 6.07) is 8.45. The van der Waals surface area contributed by atoms with E-state index in [9.17, 15) is 9.59 Å². The summed E-state index contributed by atoms with van der Waals surface area (Å²) in [7, 11) is 0. The Hall–Kier alpha value is -2.03. The highest BCUT2D eigenvalue weighted by Crippen LogP contribution is 2.32. The summed E-state index contributed by atoms with van der Waals surface area (Å²) >= 11 is 12.7. The molecule has 0 amide bonds. The zero-order valence-corrected chi connectivity index (χ0v) is 18.1. The summed E-state index contributed by atoms with van der Waals surface area (Å²) in [5.41, 5.74) is 0.702. The van der Waals surface area contributed by atoms with E-state index in [0.29, 0.717) is 31.8 Å². The van der Waals surface area contributed by atoms with E-state index >= 15 is 0 Å². The highest BCUT2D eigenvalue weighted by atomic mass is 79.9. The largest absolute Gasteiger partial charge is 0.425 e. The lowest BCUT2D eigenvalue weighted by molar-refractivity contribution is -0.131. The molecule has 3 aromatic rings. The van der Waals surface area contributed by atoms with Gasteiger partial charge in [0.25, 0.3) is 5.56 Å². The quantitative estimate of drug-likeness (QED) is 0.289. The van der Waals surface area contributed by atoms with Gasteiger partial charge in [0, 0.05) is 22.0 Å². The van der Waals surface area contributed by atoms with E-state index < -0.39 is 5.97 Å². The second-order valence-electron chi connectivity index (χ2n) is 5.58. The zero-order valence-electron chi connectivity index (χ0n) is 14.2. The van der Waals surface area contributed by atoms with Gasteiger partial charge in [0.15, 0.2) is 5.75 Å². The summed E-state index contributed by atoms with van der Waals surface area (Å²) in [6.07, 6.45) is 1.40. The molecule has 0 spiro atoms. The number of carbonyl (C=O) groups is 1. The number of carbonyl (C=O) groups excluding carboxylic acids is 1. The Balaban J connectivity index is 2.14. The number of aryl methyl sites for hydroxylation is 1. The highest BCUT2D eigenvalue weighted by molar-refractivity contribution is 9.10. The van der Waals surface area contributed by atoms with E-state index in [-0.39, 0.29) is 11.3 Å². The number of hydrogen-bond acceptors (Lipinski definition) is 5. The van der Waals surface area contributed by atoms with Gasteiger partial charge in [0.05, 0.1) is 21.6 Å². The van der Waals surface area contributed by atoms with Crippen molar-refractivity contribution >= 4 is 66.5 Å². The molecule has 1 heterocycles. The van der Waals surface area contributed by atoms with E-state index in [0.717, 1.165) is 4.47 Å².